The molecule has 0 bridgehead atoms. The molecule has 0 radical (unpaired) electrons. The average molecular weight is 251 g/mol. The number of rotatable bonds is 8. The van der Waals surface area contributed by atoms with Gasteiger partial charge < -0.3 is 5.32 Å². The van der Waals surface area contributed by atoms with Gasteiger partial charge in [-0.15, -0.1) is 0 Å². The maximum atomic E-state index is 12.9. The Kier molecular flexibility index (Phi) is 7.07. The molecule has 0 saturated heterocycles. The summed E-state index contributed by atoms with van der Waals surface area (Å²) in [6.07, 6.45) is 7.47. The van der Waals surface area contributed by atoms with E-state index in [1.54, 1.807) is 12.1 Å². The van der Waals surface area contributed by atoms with Crippen molar-refractivity contribution in [3.8, 4) is 0 Å². The molecule has 0 aliphatic carbocycles. The molecule has 0 aliphatic heterocycles. The second-order valence-corrected chi connectivity index (χ2v) is 4.58. The lowest BCUT2D eigenvalue weighted by Gasteiger charge is -2.05. The van der Waals surface area contributed by atoms with E-state index in [2.05, 4.69) is 12.2 Å². The summed E-state index contributed by atoms with van der Waals surface area (Å²) in [7, 11) is 0. The van der Waals surface area contributed by atoms with Crippen molar-refractivity contribution >= 4 is 11.6 Å². The Bertz CT molecular complexity index is 365. The summed E-state index contributed by atoms with van der Waals surface area (Å²) >= 11 is 0. The van der Waals surface area contributed by atoms with Crippen LogP contribution in [-0.2, 0) is 4.79 Å². The predicted octanol–water partition coefficient (Wildman–Crippen LogP) is 4.51. The Hall–Kier alpha value is -1.38. The summed E-state index contributed by atoms with van der Waals surface area (Å²) in [4.78, 5) is 11.6. The highest BCUT2D eigenvalue weighted by atomic mass is 19.1. The first-order valence-corrected chi connectivity index (χ1v) is 6.78. The number of benzene rings is 1. The van der Waals surface area contributed by atoms with Gasteiger partial charge >= 0.3 is 0 Å². The molecule has 0 aliphatic rings. The van der Waals surface area contributed by atoms with Crippen LogP contribution in [0.1, 0.15) is 51.9 Å². The van der Waals surface area contributed by atoms with E-state index in [0.717, 1.165) is 12.8 Å². The van der Waals surface area contributed by atoms with Gasteiger partial charge in [-0.1, -0.05) is 45.1 Å². The molecule has 0 spiro atoms. The van der Waals surface area contributed by atoms with Gasteiger partial charge in [-0.25, -0.2) is 4.39 Å². The standard InChI is InChI=1S/C15H22FNO/c1-2-3-4-5-6-7-11-15(18)17-14-10-8-9-13(16)12-14/h8-10,12H,2-7,11H2,1H3,(H,17,18). The van der Waals surface area contributed by atoms with Gasteiger partial charge in [-0.05, 0) is 24.6 Å². The number of halogens is 1. The first kappa shape index (κ1) is 14.7. The topological polar surface area (TPSA) is 29.1 Å². The van der Waals surface area contributed by atoms with E-state index in [0.29, 0.717) is 12.1 Å². The number of hydrogen-bond donors (Lipinski definition) is 1. The molecule has 0 unspecified atom stereocenters. The number of amides is 1. The van der Waals surface area contributed by atoms with Gasteiger partial charge in [0, 0.05) is 12.1 Å². The van der Waals surface area contributed by atoms with E-state index in [9.17, 15) is 9.18 Å². The van der Waals surface area contributed by atoms with E-state index in [-0.39, 0.29) is 11.7 Å². The van der Waals surface area contributed by atoms with Crippen molar-refractivity contribution in [1.29, 1.82) is 0 Å². The van der Waals surface area contributed by atoms with Gasteiger partial charge in [-0.3, -0.25) is 4.79 Å². The number of unbranched alkanes of at least 4 members (excludes halogenated alkanes) is 5. The highest BCUT2D eigenvalue weighted by Crippen LogP contribution is 2.11. The van der Waals surface area contributed by atoms with Crippen LogP contribution < -0.4 is 5.32 Å². The molecule has 1 aromatic carbocycles. The van der Waals surface area contributed by atoms with Gasteiger partial charge in [0.05, 0.1) is 0 Å². The number of carbonyl (C=O) groups excluding carboxylic acids is 1. The zero-order valence-electron chi connectivity index (χ0n) is 11.0. The monoisotopic (exact) mass is 251 g/mol. The molecule has 0 saturated carbocycles. The van der Waals surface area contributed by atoms with Crippen molar-refractivity contribution in [3.05, 3.63) is 30.1 Å². The van der Waals surface area contributed by atoms with E-state index >= 15 is 0 Å². The van der Waals surface area contributed by atoms with Crippen LogP contribution in [0.4, 0.5) is 10.1 Å². The van der Waals surface area contributed by atoms with Crippen LogP contribution >= 0.6 is 0 Å². The third-order valence-electron chi connectivity index (χ3n) is 2.87. The summed E-state index contributed by atoms with van der Waals surface area (Å²) < 4.78 is 12.9. The molecule has 1 N–H and O–H groups in total. The minimum absolute atomic E-state index is 0.0314. The molecule has 0 atom stereocenters. The van der Waals surface area contributed by atoms with Crippen molar-refractivity contribution in [2.45, 2.75) is 51.9 Å². The van der Waals surface area contributed by atoms with Gasteiger partial charge in [0.25, 0.3) is 0 Å². The fourth-order valence-electron chi connectivity index (χ4n) is 1.86. The minimum Gasteiger partial charge on any atom is -0.326 e. The Morgan fingerprint density at radius 3 is 2.61 bits per heavy atom. The van der Waals surface area contributed by atoms with Crippen LogP contribution in [0.25, 0.3) is 0 Å². The first-order valence-electron chi connectivity index (χ1n) is 6.78. The summed E-state index contributed by atoms with van der Waals surface area (Å²) in [5, 5.41) is 2.71. The predicted molar refractivity (Wildman–Crippen MR) is 73.0 cm³/mol. The maximum Gasteiger partial charge on any atom is 0.224 e. The third-order valence-corrected chi connectivity index (χ3v) is 2.87. The van der Waals surface area contributed by atoms with Gasteiger partial charge in [0.1, 0.15) is 5.82 Å². The Morgan fingerprint density at radius 1 is 1.17 bits per heavy atom. The van der Waals surface area contributed by atoms with Crippen LogP contribution in [0.15, 0.2) is 24.3 Å². The van der Waals surface area contributed by atoms with Crippen LogP contribution in [0.2, 0.25) is 0 Å². The van der Waals surface area contributed by atoms with Crippen molar-refractivity contribution in [3.63, 3.8) is 0 Å². The highest BCUT2D eigenvalue weighted by molar-refractivity contribution is 5.90. The Labute approximate surface area is 109 Å². The average Bonchev–Trinajstić information content (AvgIpc) is 2.33. The molecule has 1 aromatic rings. The lowest BCUT2D eigenvalue weighted by molar-refractivity contribution is -0.116. The lowest BCUT2D eigenvalue weighted by atomic mass is 10.1. The number of anilines is 1. The summed E-state index contributed by atoms with van der Waals surface area (Å²) in [6.45, 7) is 2.19. The largest absolute Gasteiger partial charge is 0.326 e. The Morgan fingerprint density at radius 2 is 1.89 bits per heavy atom. The van der Waals surface area contributed by atoms with Crippen molar-refractivity contribution in [1.82, 2.24) is 0 Å². The molecule has 3 heteroatoms. The lowest BCUT2D eigenvalue weighted by Crippen LogP contribution is -2.11. The zero-order valence-corrected chi connectivity index (χ0v) is 11.0. The molecule has 0 fully saturated rings. The minimum atomic E-state index is -0.327. The molecule has 1 rings (SSSR count). The van der Waals surface area contributed by atoms with Gasteiger partial charge in [0.15, 0.2) is 0 Å². The summed E-state index contributed by atoms with van der Waals surface area (Å²) in [5.74, 6) is -0.358. The number of nitrogens with one attached hydrogen (secondary N) is 1. The third kappa shape index (κ3) is 6.38. The Balaban J connectivity index is 2.14. The molecule has 1 amide bonds. The SMILES string of the molecule is CCCCCCCCC(=O)Nc1cccc(F)c1. The highest BCUT2D eigenvalue weighted by Gasteiger charge is 2.02. The van der Waals surface area contributed by atoms with Crippen LogP contribution in [0.5, 0.6) is 0 Å². The number of hydrogen-bond acceptors (Lipinski definition) is 1. The smallest absolute Gasteiger partial charge is 0.224 e. The van der Waals surface area contributed by atoms with Crippen molar-refractivity contribution < 1.29 is 9.18 Å². The quantitative estimate of drug-likeness (QED) is 0.676. The second-order valence-electron chi connectivity index (χ2n) is 4.58. The van der Waals surface area contributed by atoms with Gasteiger partial charge in [0.2, 0.25) is 5.91 Å². The molecule has 18 heavy (non-hydrogen) atoms. The van der Waals surface area contributed by atoms with Crippen LogP contribution in [-0.4, -0.2) is 5.91 Å². The van der Waals surface area contributed by atoms with Crippen LogP contribution in [0, 0.1) is 5.82 Å². The fourth-order valence-corrected chi connectivity index (χ4v) is 1.86. The van der Waals surface area contributed by atoms with Crippen molar-refractivity contribution in [2.24, 2.45) is 0 Å². The van der Waals surface area contributed by atoms with E-state index in [4.69, 9.17) is 0 Å². The molecular weight excluding hydrogens is 229 g/mol. The molecular formula is C15H22FNO. The molecule has 100 valence electrons. The van der Waals surface area contributed by atoms with Crippen molar-refractivity contribution in [2.75, 3.05) is 5.32 Å². The first-order chi connectivity index (χ1) is 8.72. The number of carbonyl (C=O) groups is 1. The fraction of sp³-hybridized carbons (Fsp3) is 0.533. The summed E-state index contributed by atoms with van der Waals surface area (Å²) in [5.41, 5.74) is 0.533. The van der Waals surface area contributed by atoms with E-state index in [1.807, 2.05) is 0 Å². The second kappa shape index (κ2) is 8.67. The normalized spacial score (nSPS) is 10.3. The van der Waals surface area contributed by atoms with Gasteiger partial charge in [-0.2, -0.15) is 0 Å². The maximum absolute atomic E-state index is 12.9. The van der Waals surface area contributed by atoms with Crippen LogP contribution in [0.3, 0.4) is 0 Å². The molecule has 2 nitrogen and oxygen atoms in total. The molecule has 0 aromatic heterocycles. The van der Waals surface area contributed by atoms with E-state index < -0.39 is 0 Å². The van der Waals surface area contributed by atoms with E-state index in [1.165, 1.54) is 37.8 Å². The molecule has 0 heterocycles. The zero-order chi connectivity index (χ0) is 13.2. The summed E-state index contributed by atoms with van der Waals surface area (Å²) in [6, 6.07) is 5.99.